The van der Waals surface area contributed by atoms with Gasteiger partial charge in [0, 0.05) is 19.3 Å². The second-order valence-electron chi connectivity index (χ2n) is 19.5. The lowest BCUT2D eigenvalue weighted by molar-refractivity contribution is -0.167. The molecule has 0 aromatic carbocycles. The summed E-state index contributed by atoms with van der Waals surface area (Å²) in [7, 11) is 0. The first-order chi connectivity index (χ1) is 35.0. The van der Waals surface area contributed by atoms with Crippen molar-refractivity contribution in [1.82, 2.24) is 0 Å². The molecule has 0 spiro atoms. The maximum Gasteiger partial charge on any atom is 0.306 e. The Bertz CT molecular complexity index is 1410. The van der Waals surface area contributed by atoms with Crippen LogP contribution in [0.5, 0.6) is 0 Å². The first kappa shape index (κ1) is 67.3. The third-order valence-electron chi connectivity index (χ3n) is 12.5. The van der Waals surface area contributed by atoms with Gasteiger partial charge in [-0.3, -0.25) is 14.4 Å². The lowest BCUT2D eigenvalue weighted by atomic mass is 10.1. The van der Waals surface area contributed by atoms with Gasteiger partial charge in [0.2, 0.25) is 0 Å². The maximum atomic E-state index is 12.8. The predicted octanol–water partition coefficient (Wildman–Crippen LogP) is 20.1. The van der Waals surface area contributed by atoms with Gasteiger partial charge in [0.15, 0.2) is 6.10 Å². The monoisotopic (exact) mass is 987 g/mol. The minimum atomic E-state index is -0.807. The third kappa shape index (κ3) is 57.1. The molecule has 0 bridgehead atoms. The summed E-state index contributed by atoms with van der Waals surface area (Å²) in [5, 5.41) is 0. The van der Waals surface area contributed by atoms with Gasteiger partial charge in [-0.2, -0.15) is 0 Å². The summed E-state index contributed by atoms with van der Waals surface area (Å²) in [6.45, 7) is 6.47. The number of esters is 3. The van der Waals surface area contributed by atoms with Gasteiger partial charge in [-0.1, -0.05) is 234 Å². The van der Waals surface area contributed by atoms with Gasteiger partial charge in [-0.05, 0) is 122 Å². The molecule has 1 atom stereocenters. The van der Waals surface area contributed by atoms with E-state index in [4.69, 9.17) is 14.2 Å². The largest absolute Gasteiger partial charge is 0.462 e. The van der Waals surface area contributed by atoms with Crippen LogP contribution in [0.25, 0.3) is 0 Å². The van der Waals surface area contributed by atoms with Crippen LogP contribution in [0.2, 0.25) is 0 Å². The van der Waals surface area contributed by atoms with Crippen molar-refractivity contribution in [3.63, 3.8) is 0 Å². The van der Waals surface area contributed by atoms with E-state index >= 15 is 0 Å². The SMILES string of the molecule is CC/C=C\C/C=C\C/C=C\C/C=C\CCCCC(=O)OC(COC(=O)CCCCCCC/C=C\CCCCCCCC)COC(=O)CCCCCCCCCC/C=C\C/C=C\C/C=C\CCCCCCC. The fourth-order valence-corrected chi connectivity index (χ4v) is 8.08. The Labute approximate surface area is 438 Å². The Morgan fingerprint density at radius 3 is 0.901 bits per heavy atom. The molecule has 0 aliphatic rings. The van der Waals surface area contributed by atoms with Crippen molar-refractivity contribution in [1.29, 1.82) is 0 Å². The number of allylic oxidation sites excluding steroid dienone is 16. The van der Waals surface area contributed by atoms with Gasteiger partial charge in [-0.15, -0.1) is 0 Å². The molecular formula is C65H110O6. The average molecular weight is 988 g/mol. The first-order valence-electron chi connectivity index (χ1n) is 29.7. The number of unbranched alkanes of at least 4 members (excludes halogenated alkanes) is 26. The fraction of sp³-hybridized carbons (Fsp3) is 0.708. The zero-order valence-corrected chi connectivity index (χ0v) is 46.5. The van der Waals surface area contributed by atoms with Crippen molar-refractivity contribution >= 4 is 17.9 Å². The highest BCUT2D eigenvalue weighted by molar-refractivity contribution is 5.71. The molecule has 0 aromatic rings. The van der Waals surface area contributed by atoms with Crippen LogP contribution in [0.15, 0.2) is 97.2 Å². The molecule has 0 saturated heterocycles. The Hall–Kier alpha value is -3.67. The van der Waals surface area contributed by atoms with Gasteiger partial charge in [0.05, 0.1) is 0 Å². The molecule has 0 aliphatic heterocycles. The van der Waals surface area contributed by atoms with E-state index in [1.807, 2.05) is 0 Å². The number of ether oxygens (including phenoxy) is 3. The molecule has 71 heavy (non-hydrogen) atoms. The van der Waals surface area contributed by atoms with Crippen molar-refractivity contribution in [3.8, 4) is 0 Å². The van der Waals surface area contributed by atoms with E-state index in [0.717, 1.165) is 103 Å². The summed E-state index contributed by atoms with van der Waals surface area (Å²) in [5.41, 5.74) is 0. The van der Waals surface area contributed by atoms with Crippen LogP contribution in [0, 0.1) is 0 Å². The van der Waals surface area contributed by atoms with Crippen molar-refractivity contribution in [2.45, 2.75) is 284 Å². The van der Waals surface area contributed by atoms with E-state index in [-0.39, 0.29) is 37.5 Å². The smallest absolute Gasteiger partial charge is 0.306 e. The molecule has 0 aromatic heterocycles. The van der Waals surface area contributed by atoms with Crippen LogP contribution >= 0.6 is 0 Å². The van der Waals surface area contributed by atoms with E-state index in [0.29, 0.717) is 19.3 Å². The molecule has 6 heteroatoms. The number of rotatable bonds is 53. The van der Waals surface area contributed by atoms with E-state index in [2.05, 4.69) is 118 Å². The van der Waals surface area contributed by atoms with E-state index in [1.165, 1.54) is 128 Å². The maximum absolute atomic E-state index is 12.8. The van der Waals surface area contributed by atoms with Gasteiger partial charge < -0.3 is 14.2 Å². The zero-order chi connectivity index (χ0) is 51.4. The molecule has 0 saturated carbocycles. The van der Waals surface area contributed by atoms with Crippen molar-refractivity contribution in [3.05, 3.63) is 97.2 Å². The Morgan fingerprint density at radius 1 is 0.296 bits per heavy atom. The summed E-state index contributed by atoms with van der Waals surface area (Å²) in [6, 6.07) is 0. The van der Waals surface area contributed by atoms with E-state index < -0.39 is 6.10 Å². The molecule has 0 amide bonds. The number of hydrogen-bond donors (Lipinski definition) is 0. The first-order valence-corrected chi connectivity index (χ1v) is 29.7. The number of carbonyl (C=O) groups is 3. The highest BCUT2D eigenvalue weighted by Crippen LogP contribution is 2.14. The van der Waals surface area contributed by atoms with Crippen LogP contribution < -0.4 is 0 Å². The molecule has 0 N–H and O–H groups in total. The van der Waals surface area contributed by atoms with E-state index in [9.17, 15) is 14.4 Å². The predicted molar refractivity (Wildman–Crippen MR) is 307 cm³/mol. The summed E-state index contributed by atoms with van der Waals surface area (Å²) in [4.78, 5) is 38.2. The minimum Gasteiger partial charge on any atom is -0.462 e. The average Bonchev–Trinajstić information content (AvgIpc) is 3.37. The van der Waals surface area contributed by atoms with Crippen molar-refractivity contribution in [2.75, 3.05) is 13.2 Å². The van der Waals surface area contributed by atoms with Crippen LogP contribution in [-0.2, 0) is 28.6 Å². The summed E-state index contributed by atoms with van der Waals surface area (Å²) in [5.74, 6) is -0.954. The molecular weight excluding hydrogens is 877 g/mol. The molecule has 0 radical (unpaired) electrons. The molecule has 0 heterocycles. The topological polar surface area (TPSA) is 78.9 Å². The molecule has 0 aliphatic carbocycles. The Kier molecular flexibility index (Phi) is 55.9. The highest BCUT2D eigenvalue weighted by atomic mass is 16.6. The van der Waals surface area contributed by atoms with Crippen LogP contribution in [0.3, 0.4) is 0 Å². The quantitative estimate of drug-likeness (QED) is 0.0261. The zero-order valence-electron chi connectivity index (χ0n) is 46.5. The second kappa shape index (κ2) is 58.9. The van der Waals surface area contributed by atoms with Gasteiger partial charge in [-0.25, -0.2) is 0 Å². The van der Waals surface area contributed by atoms with Gasteiger partial charge >= 0.3 is 17.9 Å². The lowest BCUT2D eigenvalue weighted by Gasteiger charge is -2.18. The molecule has 0 rings (SSSR count). The van der Waals surface area contributed by atoms with Gasteiger partial charge in [0.1, 0.15) is 13.2 Å². The number of carbonyl (C=O) groups excluding carboxylic acids is 3. The summed E-state index contributed by atoms with van der Waals surface area (Å²) in [6.07, 6.45) is 78.3. The summed E-state index contributed by atoms with van der Waals surface area (Å²) >= 11 is 0. The van der Waals surface area contributed by atoms with Crippen molar-refractivity contribution in [2.24, 2.45) is 0 Å². The minimum absolute atomic E-state index is 0.101. The van der Waals surface area contributed by atoms with Crippen LogP contribution in [-0.4, -0.2) is 37.2 Å². The molecule has 0 fully saturated rings. The normalized spacial score (nSPS) is 12.8. The third-order valence-corrected chi connectivity index (χ3v) is 12.5. The fourth-order valence-electron chi connectivity index (χ4n) is 8.08. The molecule has 1 unspecified atom stereocenters. The summed E-state index contributed by atoms with van der Waals surface area (Å²) < 4.78 is 16.8. The van der Waals surface area contributed by atoms with Gasteiger partial charge in [0.25, 0.3) is 0 Å². The lowest BCUT2D eigenvalue weighted by Crippen LogP contribution is -2.30. The number of hydrogen-bond acceptors (Lipinski definition) is 6. The van der Waals surface area contributed by atoms with Crippen molar-refractivity contribution < 1.29 is 28.6 Å². The second-order valence-corrected chi connectivity index (χ2v) is 19.5. The van der Waals surface area contributed by atoms with Crippen LogP contribution in [0.4, 0.5) is 0 Å². The standard InChI is InChI=1S/C65H110O6/c1-4-7-10-13-16-19-22-25-28-29-30-31-32-33-34-35-38-40-43-46-49-52-55-58-64(67)70-61-62(71-65(68)59-56-53-50-47-44-41-37-27-24-21-18-15-12-9-6-3)60-69-63(66)57-54-51-48-45-42-39-36-26-23-20-17-14-11-8-5-2/h9,12,18,21-22,25-27,29-30,32-33,36-37,44,47,62H,4-8,10-11,13-17,19-20,23-24,28,31,34-35,38-43,45-46,48-61H2,1-3H3/b12-9-,21-18-,25-22-,30-29-,33-32-,36-26-,37-27-,47-44-. The molecule has 6 nitrogen and oxygen atoms in total. The highest BCUT2D eigenvalue weighted by Gasteiger charge is 2.19. The molecule has 406 valence electrons. The van der Waals surface area contributed by atoms with Crippen LogP contribution in [0.1, 0.15) is 278 Å². The Morgan fingerprint density at radius 2 is 0.549 bits per heavy atom. The van der Waals surface area contributed by atoms with E-state index in [1.54, 1.807) is 0 Å². The Balaban J connectivity index is 4.42.